The van der Waals surface area contributed by atoms with E-state index in [0.29, 0.717) is 5.56 Å². The average molecular weight is 446 g/mol. The second kappa shape index (κ2) is 8.13. The Balaban J connectivity index is 1.77. The van der Waals surface area contributed by atoms with Crippen molar-refractivity contribution in [1.29, 1.82) is 0 Å². The van der Waals surface area contributed by atoms with Crippen LogP contribution in [0.5, 0.6) is 17.2 Å². The molecule has 32 heavy (non-hydrogen) atoms. The minimum atomic E-state index is -1.94. The van der Waals surface area contributed by atoms with Crippen molar-refractivity contribution in [2.75, 3.05) is 0 Å². The summed E-state index contributed by atoms with van der Waals surface area (Å²) in [6, 6.07) is 10.5. The van der Waals surface area contributed by atoms with Gasteiger partial charge in [0.1, 0.15) is 35.2 Å². The van der Waals surface area contributed by atoms with Gasteiger partial charge in [-0.25, -0.2) is 4.79 Å². The number of aromatic hydroxyl groups is 2. The molecule has 4 rings (SSSR count). The van der Waals surface area contributed by atoms with Crippen LogP contribution in [0.3, 0.4) is 0 Å². The van der Waals surface area contributed by atoms with E-state index in [9.17, 15) is 35.1 Å². The summed E-state index contributed by atoms with van der Waals surface area (Å²) in [7, 11) is 0. The van der Waals surface area contributed by atoms with E-state index in [0.717, 1.165) is 12.1 Å². The first-order chi connectivity index (χ1) is 15.2. The number of aliphatic hydroxyl groups excluding tert-OH is 3. The van der Waals surface area contributed by atoms with Crippen LogP contribution in [0.15, 0.2) is 51.7 Å². The zero-order valence-corrected chi connectivity index (χ0v) is 16.2. The lowest BCUT2D eigenvalue weighted by atomic mass is 9.99. The van der Waals surface area contributed by atoms with E-state index >= 15 is 0 Å². The van der Waals surface area contributed by atoms with E-state index in [1.165, 1.54) is 0 Å². The summed E-state index contributed by atoms with van der Waals surface area (Å²) in [6.45, 7) is 0. The number of phenols is 2. The van der Waals surface area contributed by atoms with Gasteiger partial charge in [0.05, 0.1) is 0 Å². The molecule has 1 aromatic heterocycles. The zero-order valence-electron chi connectivity index (χ0n) is 16.2. The molecule has 5 atom stereocenters. The molecule has 1 aliphatic rings. The Labute approximate surface area is 178 Å². The highest BCUT2D eigenvalue weighted by molar-refractivity contribution is 5.91. The number of aliphatic carboxylic acids is 1. The average Bonchev–Trinajstić information content (AvgIpc) is 2.77. The van der Waals surface area contributed by atoms with Crippen molar-refractivity contribution >= 4 is 16.9 Å². The van der Waals surface area contributed by atoms with E-state index in [4.69, 9.17) is 19.0 Å². The van der Waals surface area contributed by atoms with Crippen molar-refractivity contribution < 1.29 is 49.3 Å². The molecule has 2 unspecified atom stereocenters. The number of benzene rings is 2. The smallest absolute Gasteiger partial charge is 0.335 e. The summed E-state index contributed by atoms with van der Waals surface area (Å²) in [4.78, 5) is 23.8. The molecule has 0 saturated carbocycles. The largest absolute Gasteiger partial charge is 0.507 e. The first kappa shape index (κ1) is 21.6. The number of fused-ring (bicyclic) bond motifs is 1. The highest BCUT2D eigenvalue weighted by Gasteiger charge is 2.48. The highest BCUT2D eigenvalue weighted by atomic mass is 16.7. The van der Waals surface area contributed by atoms with Crippen molar-refractivity contribution in [3.05, 3.63) is 52.7 Å². The van der Waals surface area contributed by atoms with Crippen LogP contribution in [0.1, 0.15) is 0 Å². The van der Waals surface area contributed by atoms with Crippen LogP contribution >= 0.6 is 0 Å². The van der Waals surface area contributed by atoms with Crippen molar-refractivity contribution in [1.82, 2.24) is 0 Å². The van der Waals surface area contributed by atoms with Gasteiger partial charge in [0.25, 0.3) is 0 Å². The lowest BCUT2D eigenvalue weighted by Gasteiger charge is -2.38. The maximum atomic E-state index is 12.5. The van der Waals surface area contributed by atoms with Crippen LogP contribution in [0.2, 0.25) is 0 Å². The third kappa shape index (κ3) is 3.63. The fourth-order valence-corrected chi connectivity index (χ4v) is 3.39. The molecule has 3 aromatic rings. The molecule has 1 aliphatic heterocycles. The molecule has 2 heterocycles. The Morgan fingerprint density at radius 3 is 2.31 bits per heavy atom. The molecule has 0 aliphatic carbocycles. The van der Waals surface area contributed by atoms with Gasteiger partial charge >= 0.3 is 5.97 Å². The van der Waals surface area contributed by atoms with Gasteiger partial charge in [0.15, 0.2) is 22.9 Å². The van der Waals surface area contributed by atoms with Crippen molar-refractivity contribution in [2.24, 2.45) is 0 Å². The Bertz CT molecular complexity index is 1220. The van der Waals surface area contributed by atoms with Crippen molar-refractivity contribution in [2.45, 2.75) is 30.7 Å². The predicted octanol–water partition coefficient (Wildman–Crippen LogP) is 0.142. The molecule has 0 spiro atoms. The maximum Gasteiger partial charge on any atom is 0.335 e. The molecule has 6 N–H and O–H groups in total. The minimum Gasteiger partial charge on any atom is -0.507 e. The number of rotatable bonds is 4. The predicted molar refractivity (Wildman–Crippen MR) is 106 cm³/mol. The van der Waals surface area contributed by atoms with E-state index < -0.39 is 64.9 Å². The number of hydrogen-bond donors (Lipinski definition) is 6. The summed E-state index contributed by atoms with van der Waals surface area (Å²) in [5.41, 5.74) is -0.556. The van der Waals surface area contributed by atoms with Gasteiger partial charge in [-0.05, 0) is 0 Å². The molecule has 0 amide bonds. The molecule has 11 nitrogen and oxygen atoms in total. The molecule has 1 saturated heterocycles. The fourth-order valence-electron chi connectivity index (χ4n) is 3.39. The number of carboxylic acid groups (broad SMARTS) is 1. The quantitative estimate of drug-likeness (QED) is 0.299. The van der Waals surface area contributed by atoms with Crippen LogP contribution in [0, 0.1) is 0 Å². The Hall–Kier alpha value is -3.64. The lowest BCUT2D eigenvalue weighted by molar-refractivity contribution is -0.271. The van der Waals surface area contributed by atoms with Crippen LogP contribution < -0.4 is 10.2 Å². The molecule has 168 valence electrons. The Morgan fingerprint density at radius 1 is 0.969 bits per heavy atom. The Morgan fingerprint density at radius 2 is 1.66 bits per heavy atom. The number of ether oxygens (including phenoxy) is 2. The monoisotopic (exact) mass is 446 g/mol. The normalized spacial score (nSPS) is 25.5. The van der Waals surface area contributed by atoms with Gasteiger partial charge in [-0.2, -0.15) is 0 Å². The summed E-state index contributed by atoms with van der Waals surface area (Å²) in [5.74, 6) is -3.42. The topological polar surface area (TPSA) is 187 Å². The summed E-state index contributed by atoms with van der Waals surface area (Å²) in [5, 5.41) is 59.5. The van der Waals surface area contributed by atoms with E-state index in [1.54, 1.807) is 30.3 Å². The SMILES string of the molecule is O=C(O)C1O[C@@H](Oc2cc(O)c3c(=O)cc(-c4ccccc4)oc3c2O)C(O)[C@@H](O)[C@@H]1O. The maximum absolute atomic E-state index is 12.5. The van der Waals surface area contributed by atoms with Crippen LogP contribution in [0.4, 0.5) is 0 Å². The first-order valence-corrected chi connectivity index (χ1v) is 9.36. The van der Waals surface area contributed by atoms with Gasteiger partial charge in [0, 0.05) is 17.7 Å². The molecule has 11 heteroatoms. The minimum absolute atomic E-state index is 0.0911. The van der Waals surface area contributed by atoms with Gasteiger partial charge in [-0.1, -0.05) is 30.3 Å². The molecular weight excluding hydrogens is 428 g/mol. The molecule has 0 radical (unpaired) electrons. The number of hydrogen-bond acceptors (Lipinski definition) is 10. The third-order valence-electron chi connectivity index (χ3n) is 5.03. The summed E-state index contributed by atoms with van der Waals surface area (Å²) >= 11 is 0. The number of phenolic OH excluding ortho intramolecular Hbond substituents is 2. The molecule has 1 fully saturated rings. The summed E-state index contributed by atoms with van der Waals surface area (Å²) < 4.78 is 15.9. The number of carbonyl (C=O) groups is 1. The van der Waals surface area contributed by atoms with Crippen molar-refractivity contribution in [3.63, 3.8) is 0 Å². The second-order valence-corrected chi connectivity index (χ2v) is 7.14. The lowest BCUT2D eigenvalue weighted by Crippen LogP contribution is -2.61. The fraction of sp³-hybridized carbons (Fsp3) is 0.238. The van der Waals surface area contributed by atoms with Gasteiger partial charge < -0.3 is 44.5 Å². The molecule has 0 bridgehead atoms. The second-order valence-electron chi connectivity index (χ2n) is 7.14. The highest BCUT2D eigenvalue weighted by Crippen LogP contribution is 2.41. The van der Waals surface area contributed by atoms with E-state index in [2.05, 4.69) is 0 Å². The van der Waals surface area contributed by atoms with Gasteiger partial charge in [-0.15, -0.1) is 0 Å². The van der Waals surface area contributed by atoms with E-state index in [1.807, 2.05) is 0 Å². The first-order valence-electron chi connectivity index (χ1n) is 9.36. The van der Waals surface area contributed by atoms with Crippen LogP contribution in [-0.4, -0.2) is 67.3 Å². The van der Waals surface area contributed by atoms with Crippen LogP contribution in [-0.2, 0) is 9.53 Å². The Kier molecular flexibility index (Phi) is 5.48. The standard InChI is InChI=1S/C21H18O11/c22-9-6-11(8-4-2-1-3-5-8)30-18-13(9)10(23)7-12(14(18)24)31-21-17(27)15(25)16(26)19(32-21)20(28)29/h1-7,15-17,19,21,23-27H,(H,28,29)/t15-,16-,17?,19?,21+/m0/s1. The van der Waals surface area contributed by atoms with Crippen LogP contribution in [0.25, 0.3) is 22.3 Å². The van der Waals surface area contributed by atoms with E-state index in [-0.39, 0.29) is 11.1 Å². The molecule has 2 aromatic carbocycles. The number of carboxylic acids is 1. The van der Waals surface area contributed by atoms with Crippen molar-refractivity contribution in [3.8, 4) is 28.6 Å². The zero-order chi connectivity index (χ0) is 23.2. The van der Waals surface area contributed by atoms with Gasteiger partial charge in [0.2, 0.25) is 12.0 Å². The number of aliphatic hydroxyl groups is 3. The molecular formula is C21H18O11. The summed E-state index contributed by atoms with van der Waals surface area (Å²) in [6.07, 6.45) is -9.56. The van der Waals surface area contributed by atoms with Gasteiger partial charge in [-0.3, -0.25) is 4.79 Å². The third-order valence-corrected chi connectivity index (χ3v) is 5.03.